The SMILES string of the molecule is C=CCOP(=O)(OCC=C)OCc1cccc(F)c1C(=O)Cl. The molecule has 0 bridgehead atoms. The molecule has 0 aromatic heterocycles. The number of hydrogen-bond acceptors (Lipinski definition) is 5. The van der Waals surface area contributed by atoms with E-state index < -0.39 is 18.9 Å². The lowest BCUT2D eigenvalue weighted by Gasteiger charge is -2.17. The van der Waals surface area contributed by atoms with Crippen LogP contribution in [0.2, 0.25) is 0 Å². The Bertz CT molecular complexity index is 589. The van der Waals surface area contributed by atoms with Crippen molar-refractivity contribution in [1.29, 1.82) is 0 Å². The second kappa shape index (κ2) is 8.98. The Hall–Kier alpha value is -1.30. The molecule has 0 heterocycles. The molecule has 0 spiro atoms. The maximum absolute atomic E-state index is 13.6. The first-order valence-corrected chi connectivity index (χ1v) is 8.00. The molecule has 0 radical (unpaired) electrons. The molecule has 0 amide bonds. The average molecular weight is 349 g/mol. The quantitative estimate of drug-likeness (QED) is 0.359. The van der Waals surface area contributed by atoms with Crippen LogP contribution < -0.4 is 0 Å². The summed E-state index contributed by atoms with van der Waals surface area (Å²) in [6, 6.07) is 3.88. The summed E-state index contributed by atoms with van der Waals surface area (Å²) in [5, 5.41) is -0.981. The van der Waals surface area contributed by atoms with Crippen LogP contribution in [0.4, 0.5) is 4.39 Å². The minimum absolute atomic E-state index is 0.0706. The van der Waals surface area contributed by atoms with E-state index in [0.29, 0.717) is 0 Å². The van der Waals surface area contributed by atoms with E-state index in [2.05, 4.69) is 13.2 Å². The van der Waals surface area contributed by atoms with Gasteiger partial charge in [-0.3, -0.25) is 18.4 Å². The Morgan fingerprint density at radius 3 is 2.32 bits per heavy atom. The molecule has 0 saturated carbocycles. The lowest BCUT2D eigenvalue weighted by molar-refractivity contribution is 0.106. The molecule has 1 rings (SSSR count). The van der Waals surface area contributed by atoms with Crippen molar-refractivity contribution in [2.75, 3.05) is 13.2 Å². The van der Waals surface area contributed by atoms with E-state index in [1.165, 1.54) is 24.3 Å². The highest BCUT2D eigenvalue weighted by atomic mass is 35.5. The predicted octanol–water partition coefficient (Wildman–Crippen LogP) is 4.23. The van der Waals surface area contributed by atoms with E-state index in [4.69, 9.17) is 25.2 Å². The fraction of sp³-hybridized carbons (Fsp3) is 0.214. The molecule has 1 aromatic rings. The number of rotatable bonds is 10. The molecule has 0 atom stereocenters. The third-order valence-electron chi connectivity index (χ3n) is 2.38. The van der Waals surface area contributed by atoms with Gasteiger partial charge in [-0.25, -0.2) is 8.96 Å². The lowest BCUT2D eigenvalue weighted by Crippen LogP contribution is -2.05. The molecule has 120 valence electrons. The summed E-state index contributed by atoms with van der Waals surface area (Å²) < 4.78 is 40.9. The zero-order chi connectivity index (χ0) is 16.6. The van der Waals surface area contributed by atoms with Crippen molar-refractivity contribution >= 4 is 24.7 Å². The monoisotopic (exact) mass is 348 g/mol. The summed E-state index contributed by atoms with van der Waals surface area (Å²) in [5.41, 5.74) is -0.215. The van der Waals surface area contributed by atoms with E-state index >= 15 is 0 Å². The second-order valence-corrected chi connectivity index (χ2v) is 5.95. The van der Waals surface area contributed by atoms with E-state index in [-0.39, 0.29) is 30.9 Å². The number of phosphoric acid groups is 1. The van der Waals surface area contributed by atoms with Crippen molar-refractivity contribution in [3.63, 3.8) is 0 Å². The summed E-state index contributed by atoms with van der Waals surface area (Å²) in [4.78, 5) is 11.3. The standard InChI is InChI=1S/C14H15ClFO5P/c1-3-8-19-22(18,20-9-4-2)21-10-11-6-5-7-12(16)13(11)14(15)17/h3-7H,1-2,8-10H2. The number of carbonyl (C=O) groups is 1. The molecule has 0 aliphatic rings. The first kappa shape index (κ1) is 18.7. The summed E-state index contributed by atoms with van der Waals surface area (Å²) in [6.07, 6.45) is 2.73. The van der Waals surface area contributed by atoms with Crippen LogP contribution in [0, 0.1) is 5.82 Å². The third kappa shape index (κ3) is 5.48. The van der Waals surface area contributed by atoms with Gasteiger partial charge in [-0.1, -0.05) is 24.3 Å². The first-order valence-electron chi connectivity index (χ1n) is 6.16. The number of phosphoric ester groups is 1. The molecule has 0 fully saturated rings. The van der Waals surface area contributed by atoms with Crippen molar-refractivity contribution in [3.8, 4) is 0 Å². The average Bonchev–Trinajstić information content (AvgIpc) is 2.49. The molecule has 5 nitrogen and oxygen atoms in total. The van der Waals surface area contributed by atoms with Gasteiger partial charge in [0.1, 0.15) is 5.82 Å². The molecule has 0 aliphatic carbocycles. The van der Waals surface area contributed by atoms with Gasteiger partial charge in [-0.05, 0) is 23.2 Å². The maximum atomic E-state index is 13.6. The Morgan fingerprint density at radius 1 is 1.23 bits per heavy atom. The topological polar surface area (TPSA) is 61.8 Å². The van der Waals surface area contributed by atoms with Crippen molar-refractivity contribution < 1.29 is 27.3 Å². The van der Waals surface area contributed by atoms with Gasteiger partial charge in [-0.2, -0.15) is 0 Å². The van der Waals surface area contributed by atoms with Gasteiger partial charge in [0.25, 0.3) is 5.24 Å². The third-order valence-corrected chi connectivity index (χ3v) is 3.94. The fourth-order valence-corrected chi connectivity index (χ4v) is 2.77. The molecular formula is C14H15ClFO5P. The molecule has 0 unspecified atom stereocenters. The smallest absolute Gasteiger partial charge is 0.283 e. The van der Waals surface area contributed by atoms with Crippen LogP contribution in [0.3, 0.4) is 0 Å². The van der Waals surface area contributed by atoms with Gasteiger partial charge in [0, 0.05) is 0 Å². The minimum atomic E-state index is -3.90. The maximum Gasteiger partial charge on any atom is 0.475 e. The van der Waals surface area contributed by atoms with Crippen molar-refractivity contribution in [2.24, 2.45) is 0 Å². The van der Waals surface area contributed by atoms with E-state index in [0.717, 1.165) is 6.07 Å². The highest BCUT2D eigenvalue weighted by Gasteiger charge is 2.27. The number of hydrogen-bond donors (Lipinski definition) is 0. The van der Waals surface area contributed by atoms with E-state index in [1.807, 2.05) is 0 Å². The van der Waals surface area contributed by atoms with Gasteiger partial charge >= 0.3 is 7.82 Å². The number of carbonyl (C=O) groups excluding carboxylic acids is 1. The second-order valence-electron chi connectivity index (χ2n) is 3.94. The summed E-state index contributed by atoms with van der Waals surface area (Å²) in [5.74, 6) is -0.796. The highest BCUT2D eigenvalue weighted by molar-refractivity contribution is 7.48. The number of halogens is 2. The molecule has 8 heteroatoms. The van der Waals surface area contributed by atoms with Crippen LogP contribution in [0.1, 0.15) is 15.9 Å². The molecule has 0 N–H and O–H groups in total. The highest BCUT2D eigenvalue weighted by Crippen LogP contribution is 2.50. The summed E-state index contributed by atoms with van der Waals surface area (Å²) >= 11 is 5.34. The van der Waals surface area contributed by atoms with Crippen molar-refractivity contribution in [3.05, 3.63) is 60.5 Å². The fourth-order valence-electron chi connectivity index (χ4n) is 1.46. The predicted molar refractivity (Wildman–Crippen MR) is 81.3 cm³/mol. The van der Waals surface area contributed by atoms with Gasteiger partial charge in [-0.15, -0.1) is 13.2 Å². The zero-order valence-electron chi connectivity index (χ0n) is 11.7. The number of benzene rings is 1. The van der Waals surface area contributed by atoms with Crippen LogP contribution in [0.15, 0.2) is 43.5 Å². The molecule has 22 heavy (non-hydrogen) atoms. The molecule has 0 saturated heterocycles. The Labute approximate surface area is 132 Å². The molecular weight excluding hydrogens is 334 g/mol. The van der Waals surface area contributed by atoms with Gasteiger partial charge < -0.3 is 0 Å². The van der Waals surface area contributed by atoms with Crippen LogP contribution in [-0.2, 0) is 24.7 Å². The van der Waals surface area contributed by atoms with Crippen LogP contribution in [-0.4, -0.2) is 18.5 Å². The largest absolute Gasteiger partial charge is 0.475 e. The normalized spacial score (nSPS) is 11.2. The summed E-state index contributed by atoms with van der Waals surface area (Å²) in [6.45, 7) is 6.33. The Kier molecular flexibility index (Phi) is 7.65. The van der Waals surface area contributed by atoms with Crippen LogP contribution >= 0.6 is 19.4 Å². The van der Waals surface area contributed by atoms with Crippen LogP contribution in [0.25, 0.3) is 0 Å². The Morgan fingerprint density at radius 2 is 1.82 bits per heavy atom. The zero-order valence-corrected chi connectivity index (χ0v) is 13.3. The van der Waals surface area contributed by atoms with Crippen molar-refractivity contribution in [2.45, 2.75) is 6.61 Å². The first-order chi connectivity index (χ1) is 10.4. The van der Waals surface area contributed by atoms with E-state index in [9.17, 15) is 13.8 Å². The van der Waals surface area contributed by atoms with Gasteiger partial charge in [0.2, 0.25) is 0 Å². The van der Waals surface area contributed by atoms with Gasteiger partial charge in [0.05, 0.1) is 25.4 Å². The minimum Gasteiger partial charge on any atom is -0.283 e. The molecule has 0 aliphatic heterocycles. The summed E-state index contributed by atoms with van der Waals surface area (Å²) in [7, 11) is -3.90. The molecule has 1 aromatic carbocycles. The van der Waals surface area contributed by atoms with Gasteiger partial charge in [0.15, 0.2) is 0 Å². The van der Waals surface area contributed by atoms with Crippen molar-refractivity contribution in [1.82, 2.24) is 0 Å². The Balaban J connectivity index is 2.91. The van der Waals surface area contributed by atoms with Crippen LogP contribution in [0.5, 0.6) is 0 Å². The lowest BCUT2D eigenvalue weighted by atomic mass is 10.1. The van der Waals surface area contributed by atoms with E-state index in [1.54, 1.807) is 0 Å².